The van der Waals surface area contributed by atoms with E-state index in [4.69, 9.17) is 9.15 Å². The summed E-state index contributed by atoms with van der Waals surface area (Å²) in [6.45, 7) is 6.24. The van der Waals surface area contributed by atoms with Crippen LogP contribution in [-0.4, -0.2) is 37.6 Å². The lowest BCUT2D eigenvalue weighted by Crippen LogP contribution is -2.37. The van der Waals surface area contributed by atoms with E-state index >= 15 is 0 Å². The molecule has 162 valence electrons. The highest BCUT2D eigenvalue weighted by atomic mass is 16.5. The number of carbonyl (C=O) groups excluding carboxylic acids is 1. The zero-order valence-corrected chi connectivity index (χ0v) is 18.2. The van der Waals surface area contributed by atoms with Crippen LogP contribution in [0.1, 0.15) is 46.1 Å². The summed E-state index contributed by atoms with van der Waals surface area (Å²) < 4.78 is 11.1. The number of carbonyl (C=O) groups is 1. The molecule has 3 aromatic rings. The molecule has 1 atom stereocenters. The number of amides is 1. The van der Waals surface area contributed by atoms with Gasteiger partial charge in [0.15, 0.2) is 11.2 Å². The average molecular weight is 421 g/mol. The number of aryl methyl sites for hydroxylation is 2. The van der Waals surface area contributed by atoms with Crippen LogP contribution in [0.3, 0.4) is 0 Å². The number of ether oxygens (including phenoxy) is 1. The van der Waals surface area contributed by atoms with E-state index in [-0.39, 0.29) is 23.1 Å². The minimum absolute atomic E-state index is 0.0393. The van der Waals surface area contributed by atoms with Crippen molar-refractivity contribution in [3.8, 4) is 5.75 Å². The Morgan fingerprint density at radius 3 is 2.52 bits per heavy atom. The molecular formula is C25H28N2O4. The third kappa shape index (κ3) is 4.49. The van der Waals surface area contributed by atoms with Crippen molar-refractivity contribution in [2.75, 3.05) is 26.7 Å². The van der Waals surface area contributed by atoms with Gasteiger partial charge in [0.05, 0.1) is 18.5 Å². The molecule has 1 aromatic heterocycles. The highest BCUT2D eigenvalue weighted by Crippen LogP contribution is 2.26. The van der Waals surface area contributed by atoms with Gasteiger partial charge in [-0.15, -0.1) is 0 Å². The molecule has 0 spiro atoms. The summed E-state index contributed by atoms with van der Waals surface area (Å²) in [4.78, 5) is 27.9. The molecule has 4 rings (SSSR count). The van der Waals surface area contributed by atoms with Crippen LogP contribution in [0.5, 0.6) is 5.75 Å². The number of likely N-dealkylation sites (tertiary alicyclic amines) is 1. The Morgan fingerprint density at radius 1 is 1.13 bits per heavy atom. The summed E-state index contributed by atoms with van der Waals surface area (Å²) in [5.74, 6) is 0.463. The minimum atomic E-state index is -0.379. The lowest BCUT2D eigenvalue weighted by Gasteiger charge is -2.28. The number of nitrogens with zero attached hydrogens (tertiary/aromatic N) is 1. The van der Waals surface area contributed by atoms with Gasteiger partial charge >= 0.3 is 0 Å². The van der Waals surface area contributed by atoms with Gasteiger partial charge in [-0.25, -0.2) is 0 Å². The lowest BCUT2D eigenvalue weighted by molar-refractivity contribution is 0.0910. The third-order valence-corrected chi connectivity index (χ3v) is 5.93. The Balaban J connectivity index is 1.56. The first-order valence-corrected chi connectivity index (χ1v) is 10.7. The first-order chi connectivity index (χ1) is 15.0. The normalized spacial score (nSPS) is 15.2. The summed E-state index contributed by atoms with van der Waals surface area (Å²) in [6.07, 6.45) is 2.30. The molecule has 1 N–H and O–H groups in total. The zero-order chi connectivity index (χ0) is 22.0. The van der Waals surface area contributed by atoms with Gasteiger partial charge < -0.3 is 14.5 Å². The fourth-order valence-electron chi connectivity index (χ4n) is 4.39. The Morgan fingerprint density at radius 2 is 1.84 bits per heavy atom. The van der Waals surface area contributed by atoms with Crippen molar-refractivity contribution >= 4 is 16.9 Å². The van der Waals surface area contributed by atoms with Crippen LogP contribution in [0.2, 0.25) is 0 Å². The van der Waals surface area contributed by atoms with Crippen LogP contribution in [0.25, 0.3) is 11.0 Å². The molecule has 1 amide bonds. The molecule has 2 heterocycles. The molecule has 0 aliphatic carbocycles. The van der Waals surface area contributed by atoms with Gasteiger partial charge in [0.1, 0.15) is 11.3 Å². The van der Waals surface area contributed by atoms with Crippen LogP contribution in [0, 0.1) is 13.8 Å². The lowest BCUT2D eigenvalue weighted by atomic mass is 10.0. The molecule has 0 radical (unpaired) electrons. The van der Waals surface area contributed by atoms with Crippen LogP contribution in [0.15, 0.2) is 51.7 Å². The molecular weight excluding hydrogens is 392 g/mol. The van der Waals surface area contributed by atoms with Crippen LogP contribution < -0.4 is 15.5 Å². The van der Waals surface area contributed by atoms with Crippen LogP contribution in [0.4, 0.5) is 0 Å². The van der Waals surface area contributed by atoms with Crippen molar-refractivity contribution in [3.05, 3.63) is 75.1 Å². The molecule has 1 saturated heterocycles. The number of methoxy groups -OCH3 is 1. The summed E-state index contributed by atoms with van der Waals surface area (Å²) in [5, 5.41) is 3.50. The van der Waals surface area contributed by atoms with Gasteiger partial charge in [0, 0.05) is 12.6 Å². The molecule has 2 aromatic carbocycles. The van der Waals surface area contributed by atoms with Crippen LogP contribution >= 0.6 is 0 Å². The monoisotopic (exact) mass is 420 g/mol. The first-order valence-electron chi connectivity index (χ1n) is 10.7. The number of benzene rings is 2. The predicted molar refractivity (Wildman–Crippen MR) is 121 cm³/mol. The van der Waals surface area contributed by atoms with E-state index in [2.05, 4.69) is 10.2 Å². The molecule has 1 aliphatic heterocycles. The summed E-state index contributed by atoms with van der Waals surface area (Å²) in [5.41, 5.74) is 3.20. The third-order valence-electron chi connectivity index (χ3n) is 5.93. The number of fused-ring (bicyclic) bond motifs is 1. The standard InChI is InChI=1S/C25H28N2O4/c1-16-12-17(2)24-21(28)14-23(31-22(24)13-16)25(29)26-15-20(27-10-4-5-11-27)18-6-8-19(30-3)9-7-18/h6-9,12-14,20H,4-5,10-11,15H2,1-3H3,(H,26,29)/t20-/m0/s1. The second-order valence-corrected chi connectivity index (χ2v) is 8.17. The van der Waals surface area contributed by atoms with Crippen molar-refractivity contribution in [3.63, 3.8) is 0 Å². The van der Waals surface area contributed by atoms with E-state index in [1.807, 2.05) is 44.2 Å². The largest absolute Gasteiger partial charge is 0.497 e. The minimum Gasteiger partial charge on any atom is -0.497 e. The molecule has 6 nitrogen and oxygen atoms in total. The van der Waals surface area contributed by atoms with Gasteiger partial charge in [-0.3, -0.25) is 14.5 Å². The van der Waals surface area contributed by atoms with Gasteiger partial charge in [-0.1, -0.05) is 18.2 Å². The number of nitrogens with one attached hydrogen (secondary N) is 1. The van der Waals surface area contributed by atoms with E-state index < -0.39 is 0 Å². The molecule has 0 bridgehead atoms. The van der Waals surface area contributed by atoms with Crippen LogP contribution in [-0.2, 0) is 0 Å². The summed E-state index contributed by atoms with van der Waals surface area (Å²) >= 11 is 0. The van der Waals surface area contributed by atoms with E-state index in [0.29, 0.717) is 17.5 Å². The molecule has 0 unspecified atom stereocenters. The maximum absolute atomic E-state index is 12.9. The predicted octanol–water partition coefficient (Wildman–Crippen LogP) is 3.99. The van der Waals surface area contributed by atoms with Crippen molar-refractivity contribution in [1.29, 1.82) is 0 Å². The smallest absolute Gasteiger partial charge is 0.287 e. The first kappa shape index (κ1) is 21.1. The molecule has 1 aliphatic rings. The van der Waals surface area contributed by atoms with Gasteiger partial charge in [0.2, 0.25) is 0 Å². The quantitative estimate of drug-likeness (QED) is 0.653. The second kappa shape index (κ2) is 8.94. The molecule has 31 heavy (non-hydrogen) atoms. The Labute approximate surface area is 181 Å². The molecule has 1 fully saturated rings. The van der Waals surface area contributed by atoms with Crippen molar-refractivity contribution in [2.45, 2.75) is 32.7 Å². The Hall–Kier alpha value is -3.12. The number of rotatable bonds is 6. The SMILES string of the molecule is COc1ccc([C@H](CNC(=O)c2cc(=O)c3c(C)cc(C)cc3o2)N2CCCC2)cc1. The van der Waals surface area contributed by atoms with Gasteiger partial charge in [-0.2, -0.15) is 0 Å². The molecule has 0 saturated carbocycles. The van der Waals surface area contributed by atoms with Crippen molar-refractivity contribution in [1.82, 2.24) is 10.2 Å². The Kier molecular flexibility index (Phi) is 6.09. The highest BCUT2D eigenvalue weighted by Gasteiger charge is 2.25. The summed E-state index contributed by atoms with van der Waals surface area (Å²) in [7, 11) is 1.65. The highest BCUT2D eigenvalue weighted by molar-refractivity contribution is 5.93. The molecule has 6 heteroatoms. The zero-order valence-electron chi connectivity index (χ0n) is 18.2. The Bertz CT molecular complexity index is 1140. The van der Waals surface area contributed by atoms with E-state index in [1.165, 1.54) is 6.07 Å². The average Bonchev–Trinajstić information content (AvgIpc) is 3.28. The van der Waals surface area contributed by atoms with Gasteiger partial charge in [0.25, 0.3) is 5.91 Å². The number of hydrogen-bond acceptors (Lipinski definition) is 5. The van der Waals surface area contributed by atoms with Gasteiger partial charge in [-0.05, 0) is 74.7 Å². The maximum atomic E-state index is 12.9. The summed E-state index contributed by atoms with van der Waals surface area (Å²) in [6, 6.07) is 13.0. The fraction of sp³-hybridized carbons (Fsp3) is 0.360. The van der Waals surface area contributed by atoms with Crippen molar-refractivity contribution < 1.29 is 13.9 Å². The second-order valence-electron chi connectivity index (χ2n) is 8.17. The number of hydrogen-bond donors (Lipinski definition) is 1. The van der Waals surface area contributed by atoms with E-state index in [1.54, 1.807) is 13.2 Å². The fourth-order valence-corrected chi connectivity index (χ4v) is 4.39. The van der Waals surface area contributed by atoms with Crippen molar-refractivity contribution in [2.24, 2.45) is 0 Å². The topological polar surface area (TPSA) is 71.8 Å². The van der Waals surface area contributed by atoms with E-state index in [9.17, 15) is 9.59 Å². The van der Waals surface area contributed by atoms with E-state index in [0.717, 1.165) is 48.4 Å². The maximum Gasteiger partial charge on any atom is 0.287 e.